The van der Waals surface area contributed by atoms with Gasteiger partial charge in [0.15, 0.2) is 0 Å². The standard InChI is InChI=1S/C9H13F2NO2/c10-9(11)6(13)8(12-7(9)14)4-2-1-3-5-8/h6,13H,1-5H2,(H,12,14). The monoisotopic (exact) mass is 205 g/mol. The highest BCUT2D eigenvalue weighted by molar-refractivity contribution is 5.88. The van der Waals surface area contributed by atoms with E-state index in [0.717, 1.165) is 19.3 Å². The van der Waals surface area contributed by atoms with Crippen molar-refractivity contribution in [3.8, 4) is 0 Å². The Morgan fingerprint density at radius 3 is 2.29 bits per heavy atom. The van der Waals surface area contributed by atoms with E-state index in [0.29, 0.717) is 12.8 Å². The Morgan fingerprint density at radius 2 is 1.86 bits per heavy atom. The van der Waals surface area contributed by atoms with E-state index in [-0.39, 0.29) is 0 Å². The second-order valence-corrected chi connectivity index (χ2v) is 4.20. The lowest BCUT2D eigenvalue weighted by Crippen LogP contribution is -2.51. The summed E-state index contributed by atoms with van der Waals surface area (Å²) in [6.07, 6.45) is 1.60. The summed E-state index contributed by atoms with van der Waals surface area (Å²) >= 11 is 0. The molecule has 5 heteroatoms. The lowest BCUT2D eigenvalue weighted by atomic mass is 9.78. The molecule has 1 atom stereocenters. The molecule has 1 heterocycles. The molecular weight excluding hydrogens is 192 g/mol. The minimum absolute atomic E-state index is 0.454. The van der Waals surface area contributed by atoms with Crippen molar-refractivity contribution in [2.75, 3.05) is 0 Å². The van der Waals surface area contributed by atoms with E-state index >= 15 is 0 Å². The van der Waals surface area contributed by atoms with Gasteiger partial charge in [-0.15, -0.1) is 0 Å². The number of hydrogen-bond donors (Lipinski definition) is 2. The molecule has 14 heavy (non-hydrogen) atoms. The molecular formula is C9H13F2NO2. The van der Waals surface area contributed by atoms with Gasteiger partial charge in [-0.25, -0.2) is 0 Å². The van der Waals surface area contributed by atoms with E-state index < -0.39 is 23.5 Å². The summed E-state index contributed by atoms with van der Waals surface area (Å²) in [5, 5.41) is 11.7. The SMILES string of the molecule is O=C1NC2(CCCCC2)C(O)C1(F)F. The van der Waals surface area contributed by atoms with Gasteiger partial charge in [-0.2, -0.15) is 8.78 Å². The minimum Gasteiger partial charge on any atom is -0.384 e. The van der Waals surface area contributed by atoms with Crippen LogP contribution in [-0.4, -0.2) is 28.6 Å². The van der Waals surface area contributed by atoms with Crippen LogP contribution in [0.5, 0.6) is 0 Å². The number of aliphatic hydroxyl groups is 1. The van der Waals surface area contributed by atoms with Crippen LogP contribution >= 0.6 is 0 Å². The molecule has 1 aliphatic heterocycles. The Balaban J connectivity index is 2.26. The highest BCUT2D eigenvalue weighted by Gasteiger charge is 2.64. The fourth-order valence-electron chi connectivity index (χ4n) is 2.43. The Labute approximate surface area is 80.5 Å². The lowest BCUT2D eigenvalue weighted by Gasteiger charge is -2.35. The molecule has 0 aromatic heterocycles. The van der Waals surface area contributed by atoms with E-state index in [9.17, 15) is 18.7 Å². The Bertz CT molecular complexity index is 262. The summed E-state index contributed by atoms with van der Waals surface area (Å²) in [5.74, 6) is -4.94. The summed E-state index contributed by atoms with van der Waals surface area (Å²) in [4.78, 5) is 11.0. The maximum absolute atomic E-state index is 13.1. The van der Waals surface area contributed by atoms with Crippen LogP contribution in [0.1, 0.15) is 32.1 Å². The molecule has 0 radical (unpaired) electrons. The number of aliphatic hydroxyl groups excluding tert-OH is 1. The highest BCUT2D eigenvalue weighted by atomic mass is 19.3. The van der Waals surface area contributed by atoms with E-state index in [1.807, 2.05) is 0 Å². The normalized spacial score (nSPS) is 34.5. The average Bonchev–Trinajstić information content (AvgIpc) is 2.31. The Morgan fingerprint density at radius 1 is 1.29 bits per heavy atom. The van der Waals surface area contributed by atoms with Crippen molar-refractivity contribution in [3.05, 3.63) is 0 Å². The fraction of sp³-hybridized carbons (Fsp3) is 0.889. The largest absolute Gasteiger partial charge is 0.384 e. The molecule has 2 rings (SSSR count). The highest BCUT2D eigenvalue weighted by Crippen LogP contribution is 2.42. The van der Waals surface area contributed by atoms with Crippen LogP contribution < -0.4 is 5.32 Å². The molecule has 0 aromatic rings. The number of rotatable bonds is 0. The van der Waals surface area contributed by atoms with Gasteiger partial charge in [-0.3, -0.25) is 4.79 Å². The summed E-state index contributed by atoms with van der Waals surface area (Å²) in [7, 11) is 0. The van der Waals surface area contributed by atoms with Gasteiger partial charge >= 0.3 is 5.92 Å². The predicted octanol–water partition coefficient (Wildman–Crippen LogP) is 0.815. The number of amides is 1. The minimum atomic E-state index is -3.61. The van der Waals surface area contributed by atoms with Crippen LogP contribution in [0.4, 0.5) is 8.78 Å². The zero-order valence-electron chi connectivity index (χ0n) is 7.72. The molecule has 1 spiro atoms. The van der Waals surface area contributed by atoms with Crippen LogP contribution in [0, 0.1) is 0 Å². The zero-order valence-corrected chi connectivity index (χ0v) is 7.72. The number of carbonyl (C=O) groups is 1. The first-order chi connectivity index (χ1) is 6.49. The van der Waals surface area contributed by atoms with Crippen molar-refractivity contribution in [1.82, 2.24) is 5.32 Å². The number of alkyl halides is 2. The molecule has 2 aliphatic rings. The van der Waals surface area contributed by atoms with Crippen molar-refractivity contribution >= 4 is 5.91 Å². The van der Waals surface area contributed by atoms with Crippen molar-refractivity contribution in [2.45, 2.75) is 49.7 Å². The zero-order chi connectivity index (χ0) is 10.4. The van der Waals surface area contributed by atoms with E-state index in [1.165, 1.54) is 0 Å². The number of carbonyl (C=O) groups excluding carboxylic acids is 1. The van der Waals surface area contributed by atoms with Crippen molar-refractivity contribution in [3.63, 3.8) is 0 Å². The summed E-state index contributed by atoms with van der Waals surface area (Å²) in [6.45, 7) is 0. The van der Waals surface area contributed by atoms with Gasteiger partial charge in [-0.05, 0) is 12.8 Å². The smallest absolute Gasteiger partial charge is 0.351 e. The van der Waals surface area contributed by atoms with Gasteiger partial charge in [0.2, 0.25) is 0 Å². The first-order valence-electron chi connectivity index (χ1n) is 4.87. The van der Waals surface area contributed by atoms with Gasteiger partial charge in [-0.1, -0.05) is 19.3 Å². The van der Waals surface area contributed by atoms with Crippen LogP contribution in [-0.2, 0) is 4.79 Å². The van der Waals surface area contributed by atoms with Gasteiger partial charge in [0.05, 0.1) is 5.54 Å². The quantitative estimate of drug-likeness (QED) is 0.615. The molecule has 1 amide bonds. The first kappa shape index (κ1) is 9.83. The molecule has 0 aromatic carbocycles. The van der Waals surface area contributed by atoms with Crippen LogP contribution in [0.15, 0.2) is 0 Å². The molecule has 1 saturated carbocycles. The summed E-state index contributed by atoms with van der Waals surface area (Å²) in [6, 6.07) is 0. The molecule has 1 unspecified atom stereocenters. The molecule has 3 nitrogen and oxygen atoms in total. The third kappa shape index (κ3) is 1.15. The third-order valence-electron chi connectivity index (χ3n) is 3.28. The van der Waals surface area contributed by atoms with Gasteiger partial charge in [0, 0.05) is 0 Å². The van der Waals surface area contributed by atoms with E-state index in [4.69, 9.17) is 0 Å². The Kier molecular flexibility index (Phi) is 2.03. The summed E-state index contributed by atoms with van der Waals surface area (Å²) < 4.78 is 26.2. The van der Waals surface area contributed by atoms with Gasteiger partial charge < -0.3 is 10.4 Å². The molecule has 0 bridgehead atoms. The van der Waals surface area contributed by atoms with Crippen molar-refractivity contribution in [1.29, 1.82) is 0 Å². The predicted molar refractivity (Wildman–Crippen MR) is 44.9 cm³/mol. The molecule has 2 fully saturated rings. The van der Waals surface area contributed by atoms with E-state index in [2.05, 4.69) is 5.32 Å². The third-order valence-corrected chi connectivity index (χ3v) is 3.28. The van der Waals surface area contributed by atoms with Crippen LogP contribution in [0.3, 0.4) is 0 Å². The molecule has 2 N–H and O–H groups in total. The van der Waals surface area contributed by atoms with Gasteiger partial charge in [0.25, 0.3) is 5.91 Å². The lowest BCUT2D eigenvalue weighted by molar-refractivity contribution is -0.152. The second kappa shape index (κ2) is 2.89. The van der Waals surface area contributed by atoms with E-state index in [1.54, 1.807) is 0 Å². The maximum atomic E-state index is 13.1. The maximum Gasteiger partial charge on any atom is 0.351 e. The topological polar surface area (TPSA) is 49.3 Å². The second-order valence-electron chi connectivity index (χ2n) is 4.20. The fourth-order valence-corrected chi connectivity index (χ4v) is 2.43. The number of nitrogens with one attached hydrogen (secondary N) is 1. The molecule has 80 valence electrons. The van der Waals surface area contributed by atoms with Crippen LogP contribution in [0.25, 0.3) is 0 Å². The Hall–Kier alpha value is -0.710. The van der Waals surface area contributed by atoms with Crippen molar-refractivity contribution in [2.24, 2.45) is 0 Å². The molecule has 1 aliphatic carbocycles. The number of hydrogen-bond acceptors (Lipinski definition) is 2. The average molecular weight is 205 g/mol. The number of halogens is 2. The molecule has 1 saturated heterocycles. The van der Waals surface area contributed by atoms with Gasteiger partial charge in [0.1, 0.15) is 6.10 Å². The van der Waals surface area contributed by atoms with Crippen molar-refractivity contribution < 1.29 is 18.7 Å². The van der Waals surface area contributed by atoms with Crippen LogP contribution in [0.2, 0.25) is 0 Å². The first-order valence-corrected chi connectivity index (χ1v) is 4.87. The summed E-state index contributed by atoms with van der Waals surface area (Å²) in [5.41, 5.74) is -1.06.